The molecule has 2 aromatic heterocycles. The lowest BCUT2D eigenvalue weighted by atomic mass is 10.2. The summed E-state index contributed by atoms with van der Waals surface area (Å²) in [6.07, 6.45) is 4.77. The van der Waals surface area contributed by atoms with Crippen molar-refractivity contribution in [3.63, 3.8) is 0 Å². The first-order valence-electron chi connectivity index (χ1n) is 7.29. The third kappa shape index (κ3) is 3.26. The van der Waals surface area contributed by atoms with E-state index in [1.807, 2.05) is 17.8 Å². The van der Waals surface area contributed by atoms with Crippen LogP contribution in [0.2, 0.25) is 0 Å². The summed E-state index contributed by atoms with van der Waals surface area (Å²) in [6.45, 7) is 0.452. The Morgan fingerprint density at radius 2 is 2.30 bits per heavy atom. The van der Waals surface area contributed by atoms with E-state index in [9.17, 15) is 9.59 Å². The molecule has 8 heteroatoms. The number of aryl methyl sites for hydroxylation is 1. The number of nitrogens with zero attached hydrogens (tertiary/aromatic N) is 3. The summed E-state index contributed by atoms with van der Waals surface area (Å²) in [5, 5.41) is 10.0. The van der Waals surface area contributed by atoms with Crippen LogP contribution in [0.4, 0.5) is 0 Å². The Labute approximate surface area is 137 Å². The molecule has 0 radical (unpaired) electrons. The molecule has 0 saturated carbocycles. The number of hydrogen-bond acceptors (Lipinski definition) is 5. The third-order valence-corrected chi connectivity index (χ3v) is 4.87. The first-order valence-corrected chi connectivity index (χ1v) is 8.27. The second kappa shape index (κ2) is 6.49. The van der Waals surface area contributed by atoms with Gasteiger partial charge in [0.15, 0.2) is 10.9 Å². The zero-order valence-corrected chi connectivity index (χ0v) is 13.5. The van der Waals surface area contributed by atoms with Crippen LogP contribution in [0.1, 0.15) is 29.2 Å². The molecule has 122 valence electrons. The van der Waals surface area contributed by atoms with Crippen molar-refractivity contribution in [1.82, 2.24) is 14.5 Å². The van der Waals surface area contributed by atoms with Gasteiger partial charge in [-0.2, -0.15) is 0 Å². The molecule has 3 rings (SSSR count). The van der Waals surface area contributed by atoms with Gasteiger partial charge in [-0.05, 0) is 25.0 Å². The summed E-state index contributed by atoms with van der Waals surface area (Å²) in [7, 11) is 1.91. The molecule has 1 saturated heterocycles. The fraction of sp³-hybridized carbons (Fsp3) is 0.400. The number of imidazole rings is 1. The molecule has 1 atom stereocenters. The Bertz CT molecular complexity index is 724. The molecule has 0 aromatic carbocycles. The lowest BCUT2D eigenvalue weighted by Crippen LogP contribution is -2.40. The molecule has 1 N–H and O–H groups in total. The highest BCUT2D eigenvalue weighted by atomic mass is 32.2. The fourth-order valence-electron chi connectivity index (χ4n) is 2.61. The average Bonchev–Trinajstić information content (AvgIpc) is 3.25. The Hall–Kier alpha value is -2.22. The van der Waals surface area contributed by atoms with Gasteiger partial charge in [-0.15, -0.1) is 0 Å². The van der Waals surface area contributed by atoms with Crippen molar-refractivity contribution in [2.24, 2.45) is 7.05 Å². The Morgan fingerprint density at radius 1 is 1.48 bits per heavy atom. The first kappa shape index (κ1) is 15.7. The van der Waals surface area contributed by atoms with Gasteiger partial charge < -0.3 is 19.0 Å². The smallest absolute Gasteiger partial charge is 0.326 e. The maximum atomic E-state index is 12.4. The molecule has 1 amide bonds. The van der Waals surface area contributed by atoms with Crippen LogP contribution < -0.4 is 0 Å². The van der Waals surface area contributed by atoms with Crippen LogP contribution in [0.15, 0.2) is 34.1 Å². The van der Waals surface area contributed by atoms with E-state index in [-0.39, 0.29) is 11.7 Å². The van der Waals surface area contributed by atoms with Gasteiger partial charge in [0.05, 0.1) is 5.75 Å². The lowest BCUT2D eigenvalue weighted by molar-refractivity contribution is -0.141. The fourth-order valence-corrected chi connectivity index (χ4v) is 3.43. The van der Waals surface area contributed by atoms with Crippen molar-refractivity contribution < 1.29 is 19.1 Å². The molecular weight excluding hydrogens is 318 g/mol. The minimum Gasteiger partial charge on any atom is -0.480 e. The largest absolute Gasteiger partial charge is 0.480 e. The quantitative estimate of drug-likeness (QED) is 0.841. The number of carbonyl (C=O) groups excluding carboxylic acids is 1. The minimum atomic E-state index is -0.965. The number of furan rings is 1. The van der Waals surface area contributed by atoms with Gasteiger partial charge in [0, 0.05) is 26.0 Å². The number of carbonyl (C=O) groups is 2. The van der Waals surface area contributed by atoms with Crippen molar-refractivity contribution in [1.29, 1.82) is 0 Å². The molecule has 3 heterocycles. The topological polar surface area (TPSA) is 88.6 Å². The number of rotatable bonds is 5. The zero-order valence-electron chi connectivity index (χ0n) is 12.6. The number of amides is 1. The van der Waals surface area contributed by atoms with Crippen molar-refractivity contribution in [3.8, 4) is 0 Å². The Balaban J connectivity index is 1.65. The minimum absolute atomic E-state index is 0.189. The van der Waals surface area contributed by atoms with E-state index in [0.29, 0.717) is 30.9 Å². The molecule has 7 nitrogen and oxygen atoms in total. The third-order valence-electron chi connectivity index (χ3n) is 3.79. The van der Waals surface area contributed by atoms with Crippen LogP contribution in [0.5, 0.6) is 0 Å². The van der Waals surface area contributed by atoms with Crippen molar-refractivity contribution in [2.45, 2.75) is 29.8 Å². The predicted octanol–water partition coefficient (Wildman–Crippen LogP) is 1.99. The maximum Gasteiger partial charge on any atom is 0.326 e. The van der Waals surface area contributed by atoms with Gasteiger partial charge in [-0.3, -0.25) is 4.79 Å². The molecule has 0 bridgehead atoms. The predicted molar refractivity (Wildman–Crippen MR) is 83.2 cm³/mol. The van der Waals surface area contributed by atoms with Crippen molar-refractivity contribution in [2.75, 3.05) is 6.54 Å². The summed E-state index contributed by atoms with van der Waals surface area (Å²) in [6, 6.07) is 2.60. The van der Waals surface area contributed by atoms with Gasteiger partial charge >= 0.3 is 5.97 Å². The Morgan fingerprint density at radius 3 is 3.00 bits per heavy atom. The zero-order chi connectivity index (χ0) is 16.4. The molecule has 1 fully saturated rings. The summed E-state index contributed by atoms with van der Waals surface area (Å²) >= 11 is 1.51. The first-order chi connectivity index (χ1) is 11.1. The standard InChI is InChI=1S/C15H17N3O4S/c1-17-8-6-16-15(17)23-9-10-4-5-12(22-10)13(19)18-7-2-3-11(18)14(20)21/h4-6,8,11H,2-3,7,9H2,1H3,(H,20,21)/t11-/m1/s1. The number of aliphatic carboxylic acids is 1. The Kier molecular flexibility index (Phi) is 4.42. The number of carboxylic acid groups (broad SMARTS) is 1. The average molecular weight is 335 g/mol. The number of carboxylic acids is 1. The van der Waals surface area contributed by atoms with E-state index < -0.39 is 12.0 Å². The highest BCUT2D eigenvalue weighted by Gasteiger charge is 2.35. The summed E-state index contributed by atoms with van der Waals surface area (Å²) in [4.78, 5) is 29.2. The monoisotopic (exact) mass is 335 g/mol. The van der Waals surface area contributed by atoms with E-state index >= 15 is 0 Å². The molecule has 1 aliphatic rings. The molecule has 0 aliphatic carbocycles. The molecular formula is C15H17N3O4S. The van der Waals surface area contributed by atoms with E-state index in [0.717, 1.165) is 5.16 Å². The van der Waals surface area contributed by atoms with Gasteiger partial charge in [-0.25, -0.2) is 9.78 Å². The second-order valence-electron chi connectivity index (χ2n) is 5.37. The number of thioether (sulfide) groups is 1. The summed E-state index contributed by atoms with van der Waals surface area (Å²) in [5.74, 6) is 0.0812. The highest BCUT2D eigenvalue weighted by Crippen LogP contribution is 2.24. The highest BCUT2D eigenvalue weighted by molar-refractivity contribution is 7.98. The summed E-state index contributed by atoms with van der Waals surface area (Å²) in [5.41, 5.74) is 0. The number of hydrogen-bond donors (Lipinski definition) is 1. The second-order valence-corrected chi connectivity index (χ2v) is 6.31. The molecule has 2 aromatic rings. The van der Waals surface area contributed by atoms with Gasteiger partial charge in [0.1, 0.15) is 11.8 Å². The van der Waals surface area contributed by atoms with Crippen LogP contribution in [0, 0.1) is 0 Å². The summed E-state index contributed by atoms with van der Waals surface area (Å²) < 4.78 is 7.49. The van der Waals surface area contributed by atoms with Crippen LogP contribution in [-0.2, 0) is 17.6 Å². The van der Waals surface area contributed by atoms with Crippen LogP contribution >= 0.6 is 11.8 Å². The molecule has 23 heavy (non-hydrogen) atoms. The van der Waals surface area contributed by atoms with Gasteiger partial charge in [0.2, 0.25) is 0 Å². The number of likely N-dealkylation sites (tertiary alicyclic amines) is 1. The molecule has 1 aliphatic heterocycles. The van der Waals surface area contributed by atoms with E-state index in [4.69, 9.17) is 9.52 Å². The van der Waals surface area contributed by atoms with E-state index in [1.54, 1.807) is 18.3 Å². The SMILES string of the molecule is Cn1ccnc1SCc1ccc(C(=O)N2CCC[C@@H]2C(=O)O)o1. The molecule has 0 unspecified atom stereocenters. The lowest BCUT2D eigenvalue weighted by Gasteiger charge is -2.19. The van der Waals surface area contributed by atoms with E-state index in [2.05, 4.69) is 4.98 Å². The van der Waals surface area contributed by atoms with Crippen LogP contribution in [0.3, 0.4) is 0 Å². The molecule has 0 spiro atoms. The maximum absolute atomic E-state index is 12.4. The normalized spacial score (nSPS) is 17.6. The van der Waals surface area contributed by atoms with Crippen LogP contribution in [-0.4, -0.2) is 44.0 Å². The van der Waals surface area contributed by atoms with Crippen molar-refractivity contribution >= 4 is 23.6 Å². The number of aromatic nitrogens is 2. The van der Waals surface area contributed by atoms with Crippen molar-refractivity contribution in [3.05, 3.63) is 36.0 Å². The van der Waals surface area contributed by atoms with E-state index in [1.165, 1.54) is 16.7 Å². The van der Waals surface area contributed by atoms with Gasteiger partial charge in [0.25, 0.3) is 5.91 Å². The van der Waals surface area contributed by atoms with Crippen LogP contribution in [0.25, 0.3) is 0 Å². The van der Waals surface area contributed by atoms with Gasteiger partial charge in [-0.1, -0.05) is 11.8 Å².